The molecule has 1 unspecified atom stereocenters. The number of ether oxygens (including phenoxy) is 2. The first-order valence-electron chi connectivity index (χ1n) is 9.66. The van der Waals surface area contributed by atoms with E-state index in [-0.39, 0.29) is 12.4 Å². The summed E-state index contributed by atoms with van der Waals surface area (Å²) in [7, 11) is 0. The normalized spacial score (nSPS) is 11.8. The third-order valence-electron chi connectivity index (χ3n) is 4.71. The summed E-state index contributed by atoms with van der Waals surface area (Å²) in [6, 6.07) is 20.2. The van der Waals surface area contributed by atoms with Gasteiger partial charge < -0.3 is 19.2 Å². The first kappa shape index (κ1) is 20.2. The number of fused-ring (bicyclic) bond motifs is 3. The van der Waals surface area contributed by atoms with Crippen molar-refractivity contribution in [2.75, 3.05) is 0 Å². The molecule has 31 heavy (non-hydrogen) atoms. The number of nitrogens with one attached hydrogen (secondary N) is 1. The standard InChI is InChI=1S/C24H19NO6/c1-15(25-24(28)29-14-16-7-3-2-4-8-16)22(26)30-17-11-12-19-18-9-5-6-10-20(18)23(27)31-21(19)13-17/h2-13,15H,14H2,1H3,(H,25,28). The van der Waals surface area contributed by atoms with E-state index in [0.29, 0.717) is 11.0 Å². The van der Waals surface area contributed by atoms with Gasteiger partial charge in [-0.1, -0.05) is 48.5 Å². The number of rotatable bonds is 5. The lowest BCUT2D eigenvalue weighted by molar-refractivity contribution is -0.136. The van der Waals surface area contributed by atoms with Crippen molar-refractivity contribution in [2.24, 2.45) is 0 Å². The van der Waals surface area contributed by atoms with Gasteiger partial charge in [-0.3, -0.25) is 0 Å². The van der Waals surface area contributed by atoms with Crippen molar-refractivity contribution in [3.8, 4) is 5.75 Å². The Hall–Kier alpha value is -4.13. The zero-order valence-electron chi connectivity index (χ0n) is 16.7. The van der Waals surface area contributed by atoms with Crippen LogP contribution in [0.2, 0.25) is 0 Å². The van der Waals surface area contributed by atoms with Crippen molar-refractivity contribution < 1.29 is 23.5 Å². The van der Waals surface area contributed by atoms with Crippen molar-refractivity contribution in [3.05, 3.63) is 88.8 Å². The topological polar surface area (TPSA) is 94.8 Å². The highest BCUT2D eigenvalue weighted by Crippen LogP contribution is 2.26. The third-order valence-corrected chi connectivity index (χ3v) is 4.71. The Morgan fingerprint density at radius 2 is 1.65 bits per heavy atom. The SMILES string of the molecule is CC(NC(=O)OCc1ccccc1)C(=O)Oc1ccc2c(c1)oc(=O)c1ccccc12. The molecule has 0 saturated heterocycles. The number of amides is 1. The highest BCUT2D eigenvalue weighted by Gasteiger charge is 2.19. The van der Waals surface area contributed by atoms with Crippen LogP contribution in [0.5, 0.6) is 5.75 Å². The second kappa shape index (κ2) is 8.71. The Morgan fingerprint density at radius 3 is 2.42 bits per heavy atom. The van der Waals surface area contributed by atoms with Gasteiger partial charge in [0.05, 0.1) is 5.39 Å². The molecular weight excluding hydrogens is 398 g/mol. The van der Waals surface area contributed by atoms with Gasteiger partial charge >= 0.3 is 17.7 Å². The monoisotopic (exact) mass is 417 g/mol. The summed E-state index contributed by atoms with van der Waals surface area (Å²) in [6.45, 7) is 1.58. The van der Waals surface area contributed by atoms with Gasteiger partial charge in [0.2, 0.25) is 0 Å². The minimum Gasteiger partial charge on any atom is -0.445 e. The molecule has 156 valence electrons. The van der Waals surface area contributed by atoms with E-state index in [1.54, 1.807) is 24.3 Å². The van der Waals surface area contributed by atoms with Gasteiger partial charge in [0.25, 0.3) is 0 Å². The molecule has 0 saturated carbocycles. The maximum absolute atomic E-state index is 12.4. The van der Waals surface area contributed by atoms with E-state index < -0.39 is 23.7 Å². The fraction of sp³-hybridized carbons (Fsp3) is 0.125. The zero-order chi connectivity index (χ0) is 21.8. The number of esters is 1. The van der Waals surface area contributed by atoms with Crippen molar-refractivity contribution in [1.29, 1.82) is 0 Å². The molecule has 0 aliphatic rings. The van der Waals surface area contributed by atoms with E-state index in [0.717, 1.165) is 16.3 Å². The van der Waals surface area contributed by atoms with E-state index in [1.807, 2.05) is 42.5 Å². The lowest BCUT2D eigenvalue weighted by Gasteiger charge is -2.13. The molecule has 0 fully saturated rings. The molecule has 4 aromatic rings. The van der Waals surface area contributed by atoms with Crippen LogP contribution in [0, 0.1) is 0 Å². The molecule has 0 aliphatic heterocycles. The van der Waals surface area contributed by atoms with Gasteiger partial charge in [-0.2, -0.15) is 0 Å². The quantitative estimate of drug-likeness (QED) is 0.227. The van der Waals surface area contributed by atoms with Crippen LogP contribution in [-0.4, -0.2) is 18.1 Å². The van der Waals surface area contributed by atoms with Crippen LogP contribution in [0.4, 0.5) is 4.79 Å². The predicted octanol–water partition coefficient (Wildman–Crippen LogP) is 4.17. The summed E-state index contributed by atoms with van der Waals surface area (Å²) in [4.78, 5) is 36.5. The molecule has 0 spiro atoms. The number of carbonyl (C=O) groups excluding carboxylic acids is 2. The largest absolute Gasteiger partial charge is 0.445 e. The van der Waals surface area contributed by atoms with E-state index in [2.05, 4.69) is 5.32 Å². The highest BCUT2D eigenvalue weighted by atomic mass is 16.6. The maximum atomic E-state index is 12.4. The lowest BCUT2D eigenvalue weighted by atomic mass is 10.1. The van der Waals surface area contributed by atoms with E-state index in [1.165, 1.54) is 13.0 Å². The van der Waals surface area contributed by atoms with E-state index in [4.69, 9.17) is 13.9 Å². The van der Waals surface area contributed by atoms with Crippen molar-refractivity contribution >= 4 is 33.8 Å². The second-order valence-electron chi connectivity index (χ2n) is 6.94. The average Bonchev–Trinajstić information content (AvgIpc) is 2.78. The molecule has 3 aromatic carbocycles. The molecule has 1 atom stereocenters. The minimum atomic E-state index is -0.942. The second-order valence-corrected chi connectivity index (χ2v) is 6.94. The Bertz CT molecular complexity index is 1310. The van der Waals surface area contributed by atoms with Gasteiger partial charge in [0.15, 0.2) is 0 Å². The summed E-state index contributed by atoms with van der Waals surface area (Å²) in [5.41, 5.74) is 0.665. The smallest absolute Gasteiger partial charge is 0.408 e. The van der Waals surface area contributed by atoms with Crippen LogP contribution in [0.3, 0.4) is 0 Å². The molecule has 1 amide bonds. The Labute approximate surface area is 177 Å². The molecular formula is C24H19NO6. The molecule has 0 radical (unpaired) electrons. The molecule has 1 heterocycles. The first-order valence-corrected chi connectivity index (χ1v) is 9.66. The van der Waals surface area contributed by atoms with Crippen molar-refractivity contribution in [2.45, 2.75) is 19.6 Å². The average molecular weight is 417 g/mol. The van der Waals surface area contributed by atoms with Gasteiger partial charge in [-0.05, 0) is 36.1 Å². The van der Waals surface area contributed by atoms with Gasteiger partial charge in [-0.25, -0.2) is 14.4 Å². The van der Waals surface area contributed by atoms with Crippen molar-refractivity contribution in [1.82, 2.24) is 5.32 Å². The van der Waals surface area contributed by atoms with E-state index >= 15 is 0 Å². The predicted molar refractivity (Wildman–Crippen MR) is 115 cm³/mol. The van der Waals surface area contributed by atoms with Gasteiger partial charge in [-0.15, -0.1) is 0 Å². The number of carbonyl (C=O) groups is 2. The van der Waals surface area contributed by atoms with Crippen LogP contribution in [-0.2, 0) is 16.1 Å². The minimum absolute atomic E-state index is 0.0894. The molecule has 0 bridgehead atoms. The summed E-state index contributed by atoms with van der Waals surface area (Å²) in [6.07, 6.45) is -0.732. The van der Waals surface area contributed by atoms with Crippen LogP contribution in [0.25, 0.3) is 21.7 Å². The van der Waals surface area contributed by atoms with Crippen LogP contribution in [0.15, 0.2) is 82.0 Å². The summed E-state index contributed by atoms with van der Waals surface area (Å²) in [5.74, 6) is -0.485. The Balaban J connectivity index is 1.42. The van der Waals surface area contributed by atoms with Gasteiger partial charge in [0, 0.05) is 11.5 Å². The molecule has 7 nitrogen and oxygen atoms in total. The summed E-state index contributed by atoms with van der Waals surface area (Å²) in [5, 5.41) is 4.39. The molecule has 7 heteroatoms. The fourth-order valence-electron chi connectivity index (χ4n) is 3.13. The highest BCUT2D eigenvalue weighted by molar-refractivity contribution is 6.04. The fourth-order valence-corrected chi connectivity index (χ4v) is 3.13. The number of hydrogen-bond donors (Lipinski definition) is 1. The Morgan fingerprint density at radius 1 is 0.935 bits per heavy atom. The van der Waals surface area contributed by atoms with Gasteiger partial charge in [0.1, 0.15) is 24.0 Å². The number of hydrogen-bond acceptors (Lipinski definition) is 6. The van der Waals surface area contributed by atoms with Crippen LogP contribution >= 0.6 is 0 Å². The van der Waals surface area contributed by atoms with E-state index in [9.17, 15) is 14.4 Å². The van der Waals surface area contributed by atoms with Crippen LogP contribution in [0.1, 0.15) is 12.5 Å². The molecule has 0 aliphatic carbocycles. The third kappa shape index (κ3) is 4.56. The zero-order valence-corrected chi connectivity index (χ0v) is 16.7. The lowest BCUT2D eigenvalue weighted by Crippen LogP contribution is -2.41. The van der Waals surface area contributed by atoms with Crippen LogP contribution < -0.4 is 15.7 Å². The first-order chi connectivity index (χ1) is 15.0. The molecule has 1 aromatic heterocycles. The molecule has 1 N–H and O–H groups in total. The van der Waals surface area contributed by atoms with Crippen molar-refractivity contribution in [3.63, 3.8) is 0 Å². The number of benzene rings is 3. The summed E-state index contributed by atoms with van der Waals surface area (Å²) < 4.78 is 15.8. The summed E-state index contributed by atoms with van der Waals surface area (Å²) >= 11 is 0. The number of alkyl carbamates (subject to hydrolysis) is 1. The maximum Gasteiger partial charge on any atom is 0.408 e. The Kier molecular flexibility index (Phi) is 5.66. The molecule has 4 rings (SSSR count).